The first-order valence-electron chi connectivity index (χ1n) is 10.4. The Hall–Kier alpha value is -4.27. The molecule has 9 heteroatoms. The van der Waals surface area contributed by atoms with E-state index in [1.54, 1.807) is 30.3 Å². The summed E-state index contributed by atoms with van der Waals surface area (Å²) < 4.78 is 10.4. The second-order valence-corrected chi connectivity index (χ2v) is 7.60. The summed E-state index contributed by atoms with van der Waals surface area (Å²) in [6.45, 7) is 0.290. The van der Waals surface area contributed by atoms with Crippen molar-refractivity contribution in [2.75, 3.05) is 6.54 Å². The van der Waals surface area contributed by atoms with E-state index in [0.717, 1.165) is 0 Å². The predicted molar refractivity (Wildman–Crippen MR) is 117 cm³/mol. The first kappa shape index (κ1) is 21.9. The van der Waals surface area contributed by atoms with Crippen LogP contribution < -0.4 is 16.1 Å². The van der Waals surface area contributed by atoms with Gasteiger partial charge in [0.25, 0.3) is 17.7 Å². The lowest BCUT2D eigenvalue weighted by molar-refractivity contribution is -0.134. The van der Waals surface area contributed by atoms with Gasteiger partial charge in [-0.1, -0.05) is 18.6 Å². The van der Waals surface area contributed by atoms with Crippen molar-refractivity contribution in [2.24, 2.45) is 5.73 Å². The summed E-state index contributed by atoms with van der Waals surface area (Å²) >= 11 is 0. The van der Waals surface area contributed by atoms with Crippen LogP contribution in [0.25, 0.3) is 11.0 Å². The summed E-state index contributed by atoms with van der Waals surface area (Å²) in [5, 5.41) is 0.469. The number of hydrogen-bond acceptors (Lipinski definition) is 7. The van der Waals surface area contributed by atoms with Crippen molar-refractivity contribution in [2.45, 2.75) is 25.7 Å². The van der Waals surface area contributed by atoms with E-state index in [-0.39, 0.29) is 35.1 Å². The van der Waals surface area contributed by atoms with Crippen molar-refractivity contribution in [1.29, 1.82) is 0 Å². The van der Waals surface area contributed by atoms with Crippen LogP contribution in [0.3, 0.4) is 0 Å². The van der Waals surface area contributed by atoms with Crippen molar-refractivity contribution in [3.05, 3.63) is 75.6 Å². The molecule has 0 saturated carbocycles. The number of hydrogen-bond donors (Lipinski definition) is 1. The molecule has 4 rings (SSSR count). The van der Waals surface area contributed by atoms with Gasteiger partial charge < -0.3 is 14.9 Å². The van der Waals surface area contributed by atoms with Crippen LogP contribution >= 0.6 is 0 Å². The van der Waals surface area contributed by atoms with E-state index in [0.29, 0.717) is 42.3 Å². The minimum absolute atomic E-state index is 0.144. The van der Waals surface area contributed by atoms with E-state index in [9.17, 15) is 24.0 Å². The maximum Gasteiger partial charge on any atom is 0.349 e. The number of primary amides is 1. The Morgan fingerprint density at radius 3 is 2.27 bits per heavy atom. The van der Waals surface area contributed by atoms with Crippen molar-refractivity contribution in [3.8, 4) is 5.75 Å². The number of carbonyl (C=O) groups excluding carboxylic acids is 4. The third-order valence-corrected chi connectivity index (χ3v) is 5.35. The molecule has 2 aromatic carbocycles. The van der Waals surface area contributed by atoms with Crippen molar-refractivity contribution in [1.82, 2.24) is 4.90 Å². The second-order valence-electron chi connectivity index (χ2n) is 7.60. The maximum absolute atomic E-state index is 12.3. The number of unbranched alkanes of at least 4 members (excludes halogenated alkanes) is 2. The molecule has 0 fully saturated rings. The van der Waals surface area contributed by atoms with Crippen LogP contribution in [-0.4, -0.2) is 35.1 Å². The van der Waals surface area contributed by atoms with E-state index in [1.807, 2.05) is 0 Å². The van der Waals surface area contributed by atoms with Gasteiger partial charge in [-0.2, -0.15) is 0 Å². The van der Waals surface area contributed by atoms with Crippen LogP contribution in [0.1, 0.15) is 56.8 Å². The highest BCUT2D eigenvalue weighted by molar-refractivity contribution is 6.21. The monoisotopic (exact) mass is 448 g/mol. The molecule has 33 heavy (non-hydrogen) atoms. The number of nitrogens with zero attached hydrogens (tertiary/aromatic N) is 1. The lowest BCUT2D eigenvalue weighted by Crippen LogP contribution is -2.30. The van der Waals surface area contributed by atoms with E-state index >= 15 is 0 Å². The first-order chi connectivity index (χ1) is 15.8. The number of benzene rings is 2. The fourth-order valence-electron chi connectivity index (χ4n) is 3.67. The number of ether oxygens (including phenoxy) is 1. The van der Waals surface area contributed by atoms with Gasteiger partial charge in [0.05, 0.1) is 11.1 Å². The summed E-state index contributed by atoms with van der Waals surface area (Å²) in [6.07, 6.45) is 1.87. The van der Waals surface area contributed by atoms with Crippen LogP contribution in [0.5, 0.6) is 5.75 Å². The zero-order valence-electron chi connectivity index (χ0n) is 17.5. The van der Waals surface area contributed by atoms with E-state index in [1.165, 1.54) is 23.1 Å². The molecule has 3 amide bonds. The summed E-state index contributed by atoms with van der Waals surface area (Å²) in [6, 6.07) is 12.5. The van der Waals surface area contributed by atoms with Gasteiger partial charge >= 0.3 is 11.6 Å². The lowest BCUT2D eigenvalue weighted by Gasteiger charge is -2.13. The number of nitrogens with two attached hydrogens (primary N) is 1. The number of amides is 3. The van der Waals surface area contributed by atoms with Crippen LogP contribution in [0.15, 0.2) is 57.7 Å². The Morgan fingerprint density at radius 1 is 0.909 bits per heavy atom. The van der Waals surface area contributed by atoms with Crippen LogP contribution in [0.4, 0.5) is 0 Å². The fourth-order valence-corrected chi connectivity index (χ4v) is 3.67. The van der Waals surface area contributed by atoms with Gasteiger partial charge in [0, 0.05) is 24.4 Å². The molecule has 9 nitrogen and oxygen atoms in total. The quantitative estimate of drug-likeness (QED) is 0.184. The summed E-state index contributed by atoms with van der Waals surface area (Å²) in [5.41, 5.74) is 5.02. The molecule has 0 radical (unpaired) electrons. The molecular formula is C24H20N2O7. The largest absolute Gasteiger partial charge is 0.426 e. The molecule has 168 valence electrons. The minimum atomic E-state index is -0.885. The van der Waals surface area contributed by atoms with Gasteiger partial charge in [-0.25, -0.2) is 4.79 Å². The molecule has 2 N–H and O–H groups in total. The van der Waals surface area contributed by atoms with Gasteiger partial charge in [0.2, 0.25) is 0 Å². The number of esters is 1. The molecule has 0 spiro atoms. The average molecular weight is 448 g/mol. The van der Waals surface area contributed by atoms with E-state index < -0.39 is 17.5 Å². The summed E-state index contributed by atoms with van der Waals surface area (Å²) in [5.74, 6) is -1.73. The second kappa shape index (κ2) is 9.07. The minimum Gasteiger partial charge on any atom is -0.426 e. The van der Waals surface area contributed by atoms with E-state index in [4.69, 9.17) is 14.9 Å². The Balaban J connectivity index is 1.25. The SMILES string of the molecule is NC(=O)c1cc2ccc(OC(=O)CCCCCN3C(=O)c4ccccc4C3=O)cc2oc1=O. The average Bonchev–Trinajstić information content (AvgIpc) is 3.03. The molecule has 1 aromatic heterocycles. The van der Waals surface area contributed by atoms with E-state index in [2.05, 4.69) is 0 Å². The Labute approximate surface area is 187 Å². The van der Waals surface area contributed by atoms with Gasteiger partial charge in [-0.05, 0) is 43.2 Å². The first-order valence-corrected chi connectivity index (χ1v) is 10.4. The molecule has 0 bridgehead atoms. The Morgan fingerprint density at radius 2 is 1.61 bits per heavy atom. The third-order valence-electron chi connectivity index (χ3n) is 5.35. The molecule has 0 unspecified atom stereocenters. The number of imide groups is 1. The summed E-state index contributed by atoms with van der Waals surface area (Å²) in [4.78, 5) is 61.1. The molecule has 3 aromatic rings. The predicted octanol–water partition coefficient (Wildman–Crippen LogP) is 2.65. The lowest BCUT2D eigenvalue weighted by atomic mass is 10.1. The zero-order chi connectivity index (χ0) is 23.5. The number of fused-ring (bicyclic) bond motifs is 2. The van der Waals surface area contributed by atoms with Gasteiger partial charge in [-0.3, -0.25) is 24.1 Å². The number of carbonyl (C=O) groups is 4. The van der Waals surface area contributed by atoms with Gasteiger partial charge in [-0.15, -0.1) is 0 Å². The van der Waals surface area contributed by atoms with Crippen molar-refractivity contribution < 1.29 is 28.3 Å². The zero-order valence-corrected chi connectivity index (χ0v) is 17.5. The number of rotatable bonds is 8. The smallest absolute Gasteiger partial charge is 0.349 e. The van der Waals surface area contributed by atoms with Gasteiger partial charge in [0.15, 0.2) is 0 Å². The van der Waals surface area contributed by atoms with Crippen molar-refractivity contribution >= 4 is 34.7 Å². The standard InChI is InChI=1S/C24H20N2O7/c25-21(28)18-12-14-9-10-15(13-19(14)33-24(18)31)32-20(27)8-2-1-5-11-26-22(29)16-6-3-4-7-17(16)23(26)30/h3-4,6-7,9-10,12-13H,1-2,5,8,11H2,(H2,25,28). The highest BCUT2D eigenvalue weighted by Gasteiger charge is 2.34. The van der Waals surface area contributed by atoms with Gasteiger partial charge in [0.1, 0.15) is 16.9 Å². The fraction of sp³-hybridized carbons (Fsp3) is 0.208. The molecule has 0 saturated heterocycles. The van der Waals surface area contributed by atoms with Crippen molar-refractivity contribution in [3.63, 3.8) is 0 Å². The summed E-state index contributed by atoms with van der Waals surface area (Å²) in [7, 11) is 0. The molecule has 0 atom stereocenters. The van der Waals surface area contributed by atoms with Crippen LogP contribution in [0, 0.1) is 0 Å². The molecular weight excluding hydrogens is 428 g/mol. The molecule has 2 heterocycles. The Kier molecular flexibility index (Phi) is 6.03. The van der Waals surface area contributed by atoms with Crippen LogP contribution in [0.2, 0.25) is 0 Å². The molecule has 1 aliphatic rings. The highest BCUT2D eigenvalue weighted by Crippen LogP contribution is 2.23. The third kappa shape index (κ3) is 4.52. The normalized spacial score (nSPS) is 12.8. The molecule has 1 aliphatic heterocycles. The molecule has 0 aliphatic carbocycles. The highest BCUT2D eigenvalue weighted by atomic mass is 16.5. The maximum atomic E-state index is 12.3. The topological polar surface area (TPSA) is 137 Å². The van der Waals surface area contributed by atoms with Crippen LogP contribution in [-0.2, 0) is 4.79 Å². The Bertz CT molecular complexity index is 1310.